The summed E-state index contributed by atoms with van der Waals surface area (Å²) >= 11 is 0. The number of allylic oxidation sites excluding steroid dienone is 2. The van der Waals surface area contributed by atoms with E-state index in [-0.39, 0.29) is 16.2 Å². The summed E-state index contributed by atoms with van der Waals surface area (Å²) in [6.07, 6.45) is 2.19. The van der Waals surface area contributed by atoms with Crippen LogP contribution in [-0.4, -0.2) is 5.78 Å². The summed E-state index contributed by atoms with van der Waals surface area (Å²) in [5, 5.41) is 0. The van der Waals surface area contributed by atoms with Crippen molar-refractivity contribution in [3.8, 4) is 0 Å². The Hall–Kier alpha value is -0.590. The number of carbonyl (C=O) groups is 1. The Morgan fingerprint density at radius 1 is 0.933 bits per heavy atom. The molecule has 1 heteroatoms. The van der Waals surface area contributed by atoms with E-state index in [9.17, 15) is 4.79 Å². The maximum Gasteiger partial charge on any atom is 0.149 e. The number of Topliss-reactive ketones (excluding diaryl/α,β-unsaturated/α-hetero) is 1. The van der Waals surface area contributed by atoms with Crippen LogP contribution in [0.2, 0.25) is 0 Å². The third-order valence-corrected chi connectivity index (χ3v) is 5.79. The number of carbonyl (C=O) groups excluding carboxylic acids is 1. The highest BCUT2D eigenvalue weighted by Gasteiger charge is 2.61. The van der Waals surface area contributed by atoms with Crippen molar-refractivity contribution < 1.29 is 4.79 Å². The summed E-state index contributed by atoms with van der Waals surface area (Å²) in [5.74, 6) is 0.451. The Bertz CT molecular complexity index is 375. The van der Waals surface area contributed by atoms with E-state index in [1.54, 1.807) is 0 Å². The van der Waals surface area contributed by atoms with Crippen molar-refractivity contribution >= 4 is 5.78 Å². The largest absolute Gasteiger partial charge is 0.298 e. The normalized spacial score (nSPS) is 43.7. The molecule has 1 saturated carbocycles. The molecule has 0 spiro atoms. The summed E-state index contributed by atoms with van der Waals surface area (Å²) in [6, 6.07) is 0. The highest BCUT2D eigenvalue weighted by molar-refractivity contribution is 5.96. The minimum Gasteiger partial charge on any atom is -0.298 e. The number of hydrogen-bond donors (Lipinski definition) is 0. The van der Waals surface area contributed by atoms with Gasteiger partial charge in [0.15, 0.2) is 0 Å². The Labute approximate surface area is 92.9 Å². The van der Waals surface area contributed by atoms with Crippen LogP contribution < -0.4 is 0 Å². The molecule has 0 heterocycles. The predicted molar refractivity (Wildman–Crippen MR) is 62.6 cm³/mol. The highest BCUT2D eigenvalue weighted by atomic mass is 16.1. The third-order valence-electron chi connectivity index (χ3n) is 5.79. The molecular formula is C14H22O. The highest BCUT2D eigenvalue weighted by Crippen LogP contribution is 2.64. The molecule has 0 N–H and O–H groups in total. The SMILES string of the molecule is CC1=C(C)C2(C)CCC1(C)C(=O)C2(C)C. The number of hydrogen-bond acceptors (Lipinski definition) is 1. The summed E-state index contributed by atoms with van der Waals surface area (Å²) in [4.78, 5) is 12.6. The van der Waals surface area contributed by atoms with Crippen molar-refractivity contribution in [3.63, 3.8) is 0 Å². The van der Waals surface area contributed by atoms with Crippen LogP contribution in [0.15, 0.2) is 11.1 Å². The van der Waals surface area contributed by atoms with Crippen LogP contribution in [0.4, 0.5) is 0 Å². The number of ketones is 1. The van der Waals surface area contributed by atoms with Gasteiger partial charge in [-0.2, -0.15) is 0 Å². The van der Waals surface area contributed by atoms with E-state index in [1.165, 1.54) is 11.1 Å². The average Bonchev–Trinajstić information content (AvgIpc) is 2.17. The van der Waals surface area contributed by atoms with Crippen LogP contribution >= 0.6 is 0 Å². The fraction of sp³-hybridized carbons (Fsp3) is 0.786. The second kappa shape index (κ2) is 2.56. The van der Waals surface area contributed by atoms with E-state index in [2.05, 4.69) is 41.5 Å². The first-order valence-corrected chi connectivity index (χ1v) is 5.91. The van der Waals surface area contributed by atoms with Gasteiger partial charge in [-0.15, -0.1) is 0 Å². The maximum absolute atomic E-state index is 12.6. The minimum atomic E-state index is -0.191. The van der Waals surface area contributed by atoms with Crippen molar-refractivity contribution in [3.05, 3.63) is 11.1 Å². The van der Waals surface area contributed by atoms with Crippen molar-refractivity contribution in [2.75, 3.05) is 0 Å². The van der Waals surface area contributed by atoms with E-state index in [4.69, 9.17) is 0 Å². The topological polar surface area (TPSA) is 17.1 Å². The summed E-state index contributed by atoms with van der Waals surface area (Å²) < 4.78 is 0. The molecule has 0 aromatic heterocycles. The van der Waals surface area contributed by atoms with Crippen molar-refractivity contribution in [2.24, 2.45) is 16.2 Å². The monoisotopic (exact) mass is 206 g/mol. The molecule has 0 aromatic rings. The van der Waals surface area contributed by atoms with E-state index in [0.717, 1.165) is 12.8 Å². The van der Waals surface area contributed by atoms with Crippen LogP contribution in [0.5, 0.6) is 0 Å². The van der Waals surface area contributed by atoms with Gasteiger partial charge >= 0.3 is 0 Å². The van der Waals surface area contributed by atoms with Crippen molar-refractivity contribution in [2.45, 2.75) is 54.4 Å². The molecule has 0 aliphatic heterocycles. The first-order chi connectivity index (χ1) is 6.68. The van der Waals surface area contributed by atoms with Gasteiger partial charge < -0.3 is 0 Å². The smallest absolute Gasteiger partial charge is 0.149 e. The zero-order chi connectivity index (χ0) is 11.6. The molecule has 3 aliphatic carbocycles. The lowest BCUT2D eigenvalue weighted by Gasteiger charge is -2.59. The molecule has 3 aliphatic rings. The first-order valence-electron chi connectivity index (χ1n) is 5.91. The van der Waals surface area contributed by atoms with Gasteiger partial charge in [0.2, 0.25) is 0 Å². The summed E-state index contributed by atoms with van der Waals surface area (Å²) in [7, 11) is 0. The summed E-state index contributed by atoms with van der Waals surface area (Å²) in [6.45, 7) is 13.0. The minimum absolute atomic E-state index is 0.0892. The zero-order valence-electron chi connectivity index (χ0n) is 10.8. The van der Waals surface area contributed by atoms with Gasteiger partial charge in [-0.05, 0) is 33.6 Å². The molecule has 2 atom stereocenters. The molecule has 1 fully saturated rings. The molecule has 2 unspecified atom stereocenters. The quantitative estimate of drug-likeness (QED) is 0.552. The molecule has 2 bridgehead atoms. The van der Waals surface area contributed by atoms with Gasteiger partial charge in [0.05, 0.1) is 0 Å². The molecule has 0 saturated heterocycles. The van der Waals surface area contributed by atoms with Crippen LogP contribution in [0.1, 0.15) is 54.4 Å². The molecule has 15 heavy (non-hydrogen) atoms. The van der Waals surface area contributed by atoms with Gasteiger partial charge in [0, 0.05) is 16.2 Å². The van der Waals surface area contributed by atoms with Crippen LogP contribution in [-0.2, 0) is 4.79 Å². The van der Waals surface area contributed by atoms with E-state index < -0.39 is 0 Å². The van der Waals surface area contributed by atoms with Crippen LogP contribution in [0.3, 0.4) is 0 Å². The van der Waals surface area contributed by atoms with Gasteiger partial charge in [0.1, 0.15) is 5.78 Å². The second-order valence-corrected chi connectivity index (χ2v) is 6.37. The maximum atomic E-state index is 12.6. The van der Waals surface area contributed by atoms with Gasteiger partial charge in [-0.1, -0.05) is 31.9 Å². The van der Waals surface area contributed by atoms with Gasteiger partial charge in [-0.3, -0.25) is 4.79 Å². The molecule has 0 aromatic carbocycles. The zero-order valence-corrected chi connectivity index (χ0v) is 10.8. The van der Waals surface area contributed by atoms with Crippen molar-refractivity contribution in [1.82, 2.24) is 0 Å². The van der Waals surface area contributed by atoms with E-state index in [1.807, 2.05) is 0 Å². The van der Waals surface area contributed by atoms with Gasteiger partial charge in [0.25, 0.3) is 0 Å². The lowest BCUT2D eigenvalue weighted by atomic mass is 9.43. The Morgan fingerprint density at radius 3 is 2.00 bits per heavy atom. The first kappa shape index (κ1) is 10.9. The van der Waals surface area contributed by atoms with Crippen LogP contribution in [0, 0.1) is 16.2 Å². The fourth-order valence-corrected chi connectivity index (χ4v) is 3.71. The number of rotatable bonds is 0. The second-order valence-electron chi connectivity index (χ2n) is 6.37. The third kappa shape index (κ3) is 0.926. The Kier molecular flexibility index (Phi) is 1.86. The lowest BCUT2D eigenvalue weighted by molar-refractivity contribution is -0.149. The van der Waals surface area contributed by atoms with E-state index >= 15 is 0 Å². The fourth-order valence-electron chi connectivity index (χ4n) is 3.71. The molecule has 1 nitrogen and oxygen atoms in total. The Morgan fingerprint density at radius 2 is 1.47 bits per heavy atom. The molecule has 3 rings (SSSR count). The van der Waals surface area contributed by atoms with Crippen molar-refractivity contribution in [1.29, 1.82) is 0 Å². The van der Waals surface area contributed by atoms with E-state index in [0.29, 0.717) is 5.78 Å². The summed E-state index contributed by atoms with van der Waals surface area (Å²) in [5.41, 5.74) is 2.52. The van der Waals surface area contributed by atoms with Gasteiger partial charge in [-0.25, -0.2) is 0 Å². The Balaban J connectivity index is 2.75. The predicted octanol–water partition coefficient (Wildman–Crippen LogP) is 3.74. The average molecular weight is 206 g/mol. The standard InChI is InChI=1S/C14H22O/c1-9-10(2)14(6)8-7-13(9,5)11(15)12(14,3)4/h7-8H2,1-6H3. The number of fused-ring (bicyclic) bond motifs is 2. The molecular weight excluding hydrogens is 184 g/mol. The molecule has 0 amide bonds. The molecule has 84 valence electrons. The molecule has 0 radical (unpaired) electrons. The lowest BCUT2D eigenvalue weighted by Crippen LogP contribution is -2.58. The van der Waals surface area contributed by atoms with Crippen LogP contribution in [0.25, 0.3) is 0 Å².